The minimum absolute atomic E-state index is 0.184. The number of halogens is 3. The Morgan fingerprint density at radius 2 is 2.27 bits per heavy atom. The number of hydrogen-bond acceptors (Lipinski definition) is 2. The van der Waals surface area contributed by atoms with Crippen LogP contribution in [0.25, 0.3) is 0 Å². The van der Waals surface area contributed by atoms with Gasteiger partial charge in [0.05, 0.1) is 12.1 Å². The minimum Gasteiger partial charge on any atom is -0.481 e. The zero-order valence-electron chi connectivity index (χ0n) is 7.80. The number of hydrogen-bond donors (Lipinski definition) is 1. The van der Waals surface area contributed by atoms with Gasteiger partial charge in [0.2, 0.25) is 0 Å². The van der Waals surface area contributed by atoms with E-state index in [0.29, 0.717) is 9.13 Å². The van der Waals surface area contributed by atoms with Crippen molar-refractivity contribution in [3.63, 3.8) is 0 Å². The summed E-state index contributed by atoms with van der Waals surface area (Å²) in [6.45, 7) is 1.53. The fraction of sp³-hybridized carbons (Fsp3) is 0.333. The number of carbonyl (C=O) groups is 1. The van der Waals surface area contributed by atoms with Gasteiger partial charge in [-0.3, -0.25) is 4.79 Å². The van der Waals surface area contributed by atoms with Gasteiger partial charge in [0.1, 0.15) is 5.69 Å². The van der Waals surface area contributed by atoms with Gasteiger partial charge in [-0.05, 0) is 41.1 Å². The Labute approximate surface area is 98.7 Å². The number of alkyl halides is 2. The molecule has 1 N–H and O–H groups in total. The number of pyridine rings is 1. The molecule has 0 aliphatic carbocycles. The van der Waals surface area contributed by atoms with Gasteiger partial charge in [0.25, 0.3) is 6.43 Å². The molecule has 0 radical (unpaired) electrons. The molecule has 1 heterocycles. The molecular formula is C9H8F2INO2. The number of nitrogens with zero attached hydrogens (tertiary/aromatic N) is 1. The Morgan fingerprint density at radius 1 is 1.67 bits per heavy atom. The number of aryl methyl sites for hydroxylation is 1. The molecule has 3 nitrogen and oxygen atoms in total. The van der Waals surface area contributed by atoms with Crippen molar-refractivity contribution in [3.8, 4) is 0 Å². The predicted molar refractivity (Wildman–Crippen MR) is 58.0 cm³/mol. The smallest absolute Gasteiger partial charge is 0.309 e. The van der Waals surface area contributed by atoms with Crippen molar-refractivity contribution in [3.05, 3.63) is 26.6 Å². The van der Waals surface area contributed by atoms with E-state index in [2.05, 4.69) is 4.98 Å². The molecule has 0 atom stereocenters. The van der Waals surface area contributed by atoms with Crippen LogP contribution in [-0.2, 0) is 11.2 Å². The van der Waals surface area contributed by atoms with Crippen LogP contribution in [0.1, 0.15) is 23.4 Å². The van der Waals surface area contributed by atoms with Gasteiger partial charge >= 0.3 is 5.97 Å². The molecule has 1 rings (SSSR count). The first-order chi connectivity index (χ1) is 6.91. The second-order valence-corrected chi connectivity index (χ2v) is 4.15. The third-order valence-electron chi connectivity index (χ3n) is 1.80. The summed E-state index contributed by atoms with van der Waals surface area (Å²) in [5.74, 6) is -1.08. The molecule has 1 aromatic rings. The van der Waals surface area contributed by atoms with Gasteiger partial charge in [0.15, 0.2) is 0 Å². The van der Waals surface area contributed by atoms with E-state index in [4.69, 9.17) is 5.11 Å². The van der Waals surface area contributed by atoms with Gasteiger partial charge in [0, 0.05) is 3.57 Å². The summed E-state index contributed by atoms with van der Waals surface area (Å²) < 4.78 is 25.5. The lowest BCUT2D eigenvalue weighted by Crippen LogP contribution is -2.08. The van der Waals surface area contributed by atoms with Crippen molar-refractivity contribution in [2.24, 2.45) is 0 Å². The Balaban J connectivity index is 3.17. The van der Waals surface area contributed by atoms with E-state index >= 15 is 0 Å². The molecule has 0 unspecified atom stereocenters. The van der Waals surface area contributed by atoms with E-state index in [1.165, 1.54) is 13.0 Å². The van der Waals surface area contributed by atoms with Crippen LogP contribution in [-0.4, -0.2) is 16.1 Å². The van der Waals surface area contributed by atoms with E-state index < -0.39 is 12.4 Å². The predicted octanol–water partition coefficient (Wildman–Crippen LogP) is 2.56. The molecular weight excluding hydrogens is 319 g/mol. The van der Waals surface area contributed by atoms with Crippen LogP contribution in [0.2, 0.25) is 0 Å². The molecule has 0 saturated heterocycles. The lowest BCUT2D eigenvalue weighted by molar-refractivity contribution is -0.136. The van der Waals surface area contributed by atoms with E-state index in [0.717, 1.165) is 0 Å². The van der Waals surface area contributed by atoms with E-state index in [9.17, 15) is 13.6 Å². The van der Waals surface area contributed by atoms with Crippen molar-refractivity contribution >= 4 is 28.6 Å². The fourth-order valence-electron chi connectivity index (χ4n) is 1.12. The largest absolute Gasteiger partial charge is 0.481 e. The highest BCUT2D eigenvalue weighted by molar-refractivity contribution is 14.1. The Hall–Kier alpha value is -0.790. The van der Waals surface area contributed by atoms with Crippen LogP contribution < -0.4 is 0 Å². The van der Waals surface area contributed by atoms with Crippen LogP contribution in [0.15, 0.2) is 6.07 Å². The van der Waals surface area contributed by atoms with Crippen LogP contribution in [0.5, 0.6) is 0 Å². The second-order valence-electron chi connectivity index (χ2n) is 2.99. The summed E-state index contributed by atoms with van der Waals surface area (Å²) in [6.07, 6.45) is -3.01. The van der Waals surface area contributed by atoms with Crippen molar-refractivity contribution in [1.82, 2.24) is 4.98 Å². The number of carboxylic acids is 1. The average molecular weight is 327 g/mol. The summed E-state index contributed by atoms with van der Waals surface area (Å²) in [4.78, 5) is 14.1. The Bertz CT molecular complexity index is 396. The van der Waals surface area contributed by atoms with Crippen molar-refractivity contribution in [2.75, 3.05) is 0 Å². The van der Waals surface area contributed by atoms with Crippen LogP contribution >= 0.6 is 22.6 Å². The molecule has 0 fully saturated rings. The zero-order chi connectivity index (χ0) is 11.6. The molecule has 6 heteroatoms. The number of aromatic nitrogens is 1. The average Bonchev–Trinajstić information content (AvgIpc) is 2.08. The van der Waals surface area contributed by atoms with Gasteiger partial charge < -0.3 is 5.11 Å². The first kappa shape index (κ1) is 12.3. The molecule has 0 aliphatic heterocycles. The molecule has 15 heavy (non-hydrogen) atoms. The monoisotopic (exact) mass is 327 g/mol. The van der Waals surface area contributed by atoms with Gasteiger partial charge in [-0.1, -0.05) is 0 Å². The van der Waals surface area contributed by atoms with Crippen LogP contribution in [0.4, 0.5) is 8.78 Å². The molecule has 0 aliphatic rings. The molecule has 0 saturated carbocycles. The highest BCUT2D eigenvalue weighted by Crippen LogP contribution is 2.23. The zero-order valence-corrected chi connectivity index (χ0v) is 9.96. The molecule has 0 bridgehead atoms. The standard InChI is InChI=1S/C9H8F2INO2/c1-4-2-5(12)6(3-7(14)15)13-8(4)9(10)11/h2,9H,3H2,1H3,(H,14,15). The SMILES string of the molecule is Cc1cc(I)c(CC(=O)O)nc1C(F)F. The van der Waals surface area contributed by atoms with E-state index in [1.807, 2.05) is 22.6 Å². The highest BCUT2D eigenvalue weighted by atomic mass is 127. The third kappa shape index (κ3) is 3.08. The van der Waals surface area contributed by atoms with Crippen molar-refractivity contribution in [2.45, 2.75) is 19.8 Å². The number of rotatable bonds is 3. The maximum atomic E-state index is 12.5. The number of carboxylic acid groups (broad SMARTS) is 1. The highest BCUT2D eigenvalue weighted by Gasteiger charge is 2.16. The summed E-state index contributed by atoms with van der Waals surface area (Å²) in [6, 6.07) is 1.52. The summed E-state index contributed by atoms with van der Waals surface area (Å²) in [5, 5.41) is 8.56. The summed E-state index contributed by atoms with van der Waals surface area (Å²) in [5.41, 5.74) is 0.221. The van der Waals surface area contributed by atoms with Gasteiger partial charge in [-0.2, -0.15) is 0 Å². The first-order valence-corrected chi connectivity index (χ1v) is 5.15. The first-order valence-electron chi connectivity index (χ1n) is 4.07. The quantitative estimate of drug-likeness (QED) is 0.868. The molecule has 0 amide bonds. The van der Waals surface area contributed by atoms with Gasteiger partial charge in [-0.15, -0.1) is 0 Å². The molecule has 0 aromatic carbocycles. The minimum atomic E-state index is -2.67. The lowest BCUT2D eigenvalue weighted by Gasteiger charge is -2.08. The molecule has 82 valence electrons. The van der Waals surface area contributed by atoms with Gasteiger partial charge in [-0.25, -0.2) is 13.8 Å². The topological polar surface area (TPSA) is 50.2 Å². The van der Waals surface area contributed by atoms with Crippen LogP contribution in [0.3, 0.4) is 0 Å². The van der Waals surface area contributed by atoms with Crippen molar-refractivity contribution in [1.29, 1.82) is 0 Å². The maximum Gasteiger partial charge on any atom is 0.309 e. The van der Waals surface area contributed by atoms with E-state index in [-0.39, 0.29) is 17.8 Å². The van der Waals surface area contributed by atoms with E-state index in [1.54, 1.807) is 0 Å². The summed E-state index contributed by atoms with van der Waals surface area (Å²) >= 11 is 1.89. The number of aliphatic carboxylic acids is 1. The van der Waals surface area contributed by atoms with Crippen LogP contribution in [0, 0.1) is 10.5 Å². The molecule has 1 aromatic heterocycles. The van der Waals surface area contributed by atoms with Crippen molar-refractivity contribution < 1.29 is 18.7 Å². The maximum absolute atomic E-state index is 12.5. The second kappa shape index (κ2) is 4.82. The Morgan fingerprint density at radius 3 is 2.73 bits per heavy atom. The normalized spacial score (nSPS) is 10.7. The lowest BCUT2D eigenvalue weighted by atomic mass is 10.2. The fourth-order valence-corrected chi connectivity index (χ4v) is 1.90. The summed E-state index contributed by atoms with van der Waals surface area (Å²) in [7, 11) is 0. The molecule has 0 spiro atoms. The Kier molecular flexibility index (Phi) is 3.95. The third-order valence-corrected chi connectivity index (χ3v) is 2.74.